The van der Waals surface area contributed by atoms with E-state index in [2.05, 4.69) is 10.6 Å². The van der Waals surface area contributed by atoms with Gasteiger partial charge in [-0.2, -0.15) is 0 Å². The molecule has 3 rings (SSSR count). The monoisotopic (exact) mass is 309 g/mol. The quantitative estimate of drug-likeness (QED) is 0.775. The molecule has 0 fully saturated rings. The molecule has 2 N–H and O–H groups in total. The number of aryl methyl sites for hydroxylation is 1. The van der Waals surface area contributed by atoms with Crippen LogP contribution < -0.4 is 15.4 Å². The Morgan fingerprint density at radius 3 is 2.61 bits per heavy atom. The van der Waals surface area contributed by atoms with Gasteiger partial charge in [0.05, 0.1) is 12.8 Å². The van der Waals surface area contributed by atoms with E-state index in [9.17, 15) is 4.79 Å². The van der Waals surface area contributed by atoms with Crippen molar-refractivity contribution >= 4 is 22.6 Å². The first-order chi connectivity index (χ1) is 11.2. The minimum atomic E-state index is -0.225. The van der Waals surface area contributed by atoms with Crippen molar-refractivity contribution in [2.75, 3.05) is 12.4 Å². The standard InChI is InChI=1S/C18H19N3O2/c1-21-12-16(15-5-3-4-6-17(15)21)20-18(22)19-11-13-7-9-14(23-2)10-8-13/h3-10,12H,11H2,1-2H3,(H2,19,20,22). The lowest BCUT2D eigenvalue weighted by molar-refractivity contribution is 0.252. The fourth-order valence-electron chi connectivity index (χ4n) is 2.53. The molecule has 2 amide bonds. The van der Waals surface area contributed by atoms with E-state index >= 15 is 0 Å². The highest BCUT2D eigenvalue weighted by Crippen LogP contribution is 2.24. The normalized spacial score (nSPS) is 10.5. The molecular formula is C18H19N3O2. The molecule has 0 bridgehead atoms. The topological polar surface area (TPSA) is 55.3 Å². The third-order valence-corrected chi connectivity index (χ3v) is 3.76. The van der Waals surface area contributed by atoms with E-state index < -0.39 is 0 Å². The van der Waals surface area contributed by atoms with Crippen molar-refractivity contribution in [2.45, 2.75) is 6.54 Å². The van der Waals surface area contributed by atoms with Gasteiger partial charge in [0.25, 0.3) is 0 Å². The number of urea groups is 1. The Morgan fingerprint density at radius 1 is 1.13 bits per heavy atom. The van der Waals surface area contributed by atoms with Crippen molar-refractivity contribution in [3.05, 3.63) is 60.3 Å². The van der Waals surface area contributed by atoms with Gasteiger partial charge in [0.15, 0.2) is 0 Å². The Balaban J connectivity index is 1.64. The number of aromatic nitrogens is 1. The molecule has 5 nitrogen and oxygen atoms in total. The van der Waals surface area contributed by atoms with Crippen molar-refractivity contribution in [1.82, 2.24) is 9.88 Å². The molecule has 0 aliphatic rings. The number of nitrogens with zero attached hydrogens (tertiary/aromatic N) is 1. The molecule has 118 valence electrons. The highest BCUT2D eigenvalue weighted by Gasteiger charge is 2.08. The molecule has 5 heteroatoms. The van der Waals surface area contributed by atoms with Crippen molar-refractivity contribution < 1.29 is 9.53 Å². The zero-order chi connectivity index (χ0) is 16.2. The maximum Gasteiger partial charge on any atom is 0.319 e. The minimum absolute atomic E-state index is 0.225. The Labute approximate surface area is 134 Å². The van der Waals surface area contributed by atoms with Gasteiger partial charge >= 0.3 is 6.03 Å². The van der Waals surface area contributed by atoms with Crippen molar-refractivity contribution in [2.24, 2.45) is 7.05 Å². The molecular weight excluding hydrogens is 290 g/mol. The number of carbonyl (C=O) groups is 1. The van der Waals surface area contributed by atoms with Crippen LogP contribution in [0, 0.1) is 0 Å². The number of benzene rings is 2. The molecule has 0 aliphatic heterocycles. The average Bonchev–Trinajstić information content (AvgIpc) is 2.90. The van der Waals surface area contributed by atoms with E-state index in [-0.39, 0.29) is 6.03 Å². The van der Waals surface area contributed by atoms with Crippen LogP contribution in [0.1, 0.15) is 5.56 Å². The molecule has 0 spiro atoms. The van der Waals surface area contributed by atoms with Crippen LogP contribution in [0.5, 0.6) is 5.75 Å². The van der Waals surface area contributed by atoms with E-state index in [1.54, 1.807) is 7.11 Å². The van der Waals surface area contributed by atoms with Gasteiger partial charge in [0, 0.05) is 30.7 Å². The highest BCUT2D eigenvalue weighted by atomic mass is 16.5. The van der Waals surface area contributed by atoms with Crippen LogP contribution >= 0.6 is 0 Å². The summed E-state index contributed by atoms with van der Waals surface area (Å²) >= 11 is 0. The fraction of sp³-hybridized carbons (Fsp3) is 0.167. The Kier molecular flexibility index (Phi) is 4.19. The molecule has 1 aromatic heterocycles. The predicted octanol–water partition coefficient (Wildman–Crippen LogP) is 3.51. The highest BCUT2D eigenvalue weighted by molar-refractivity contribution is 6.01. The number of rotatable bonds is 4. The van der Waals surface area contributed by atoms with Gasteiger partial charge in [0.2, 0.25) is 0 Å². The smallest absolute Gasteiger partial charge is 0.319 e. The van der Waals surface area contributed by atoms with Crippen LogP contribution in [0.2, 0.25) is 0 Å². The van der Waals surface area contributed by atoms with Gasteiger partial charge in [-0.1, -0.05) is 30.3 Å². The van der Waals surface area contributed by atoms with Gasteiger partial charge in [0.1, 0.15) is 5.75 Å². The van der Waals surface area contributed by atoms with Crippen molar-refractivity contribution in [3.63, 3.8) is 0 Å². The Hall–Kier alpha value is -2.95. The number of anilines is 1. The first-order valence-corrected chi connectivity index (χ1v) is 7.39. The van der Waals surface area contributed by atoms with Crippen LogP contribution in [0.3, 0.4) is 0 Å². The molecule has 0 saturated carbocycles. The number of carbonyl (C=O) groups excluding carboxylic acids is 1. The number of ether oxygens (including phenoxy) is 1. The minimum Gasteiger partial charge on any atom is -0.497 e. The first kappa shape index (κ1) is 15.0. The fourth-order valence-corrected chi connectivity index (χ4v) is 2.53. The molecule has 0 radical (unpaired) electrons. The van der Waals surface area contributed by atoms with Gasteiger partial charge in [-0.15, -0.1) is 0 Å². The molecule has 2 aromatic carbocycles. The number of methoxy groups -OCH3 is 1. The number of hydrogen-bond acceptors (Lipinski definition) is 2. The van der Waals surface area contributed by atoms with Crippen LogP contribution in [0.25, 0.3) is 10.9 Å². The predicted molar refractivity (Wildman–Crippen MR) is 91.8 cm³/mol. The third kappa shape index (κ3) is 3.29. The lowest BCUT2D eigenvalue weighted by atomic mass is 10.2. The maximum atomic E-state index is 12.1. The maximum absolute atomic E-state index is 12.1. The first-order valence-electron chi connectivity index (χ1n) is 7.39. The third-order valence-electron chi connectivity index (χ3n) is 3.76. The summed E-state index contributed by atoms with van der Waals surface area (Å²) in [4.78, 5) is 12.1. The second-order valence-electron chi connectivity index (χ2n) is 5.33. The summed E-state index contributed by atoms with van der Waals surface area (Å²) in [5.74, 6) is 0.800. The molecule has 0 unspecified atom stereocenters. The van der Waals surface area contributed by atoms with Gasteiger partial charge in [-0.05, 0) is 23.8 Å². The summed E-state index contributed by atoms with van der Waals surface area (Å²) in [7, 11) is 3.59. The van der Waals surface area contributed by atoms with Crippen molar-refractivity contribution in [1.29, 1.82) is 0 Å². The molecule has 0 atom stereocenters. The lowest BCUT2D eigenvalue weighted by Crippen LogP contribution is -2.28. The summed E-state index contributed by atoms with van der Waals surface area (Å²) in [5.41, 5.74) is 2.90. The number of nitrogens with one attached hydrogen (secondary N) is 2. The van der Waals surface area contributed by atoms with E-state index in [4.69, 9.17) is 4.74 Å². The average molecular weight is 309 g/mol. The molecule has 3 aromatic rings. The number of hydrogen-bond donors (Lipinski definition) is 2. The SMILES string of the molecule is COc1ccc(CNC(=O)Nc2cn(C)c3ccccc23)cc1. The summed E-state index contributed by atoms with van der Waals surface area (Å²) in [6.45, 7) is 0.459. The second kappa shape index (κ2) is 6.44. The Morgan fingerprint density at radius 2 is 1.87 bits per heavy atom. The van der Waals surface area contributed by atoms with Crippen LogP contribution in [0.15, 0.2) is 54.7 Å². The van der Waals surface area contributed by atoms with E-state index in [1.165, 1.54) is 0 Å². The van der Waals surface area contributed by atoms with Crippen LogP contribution in [-0.2, 0) is 13.6 Å². The second-order valence-corrected chi connectivity index (χ2v) is 5.33. The zero-order valence-corrected chi connectivity index (χ0v) is 13.2. The summed E-state index contributed by atoms with van der Waals surface area (Å²) in [6, 6.07) is 15.3. The lowest BCUT2D eigenvalue weighted by Gasteiger charge is -2.07. The van der Waals surface area contributed by atoms with Gasteiger partial charge in [-0.3, -0.25) is 0 Å². The largest absolute Gasteiger partial charge is 0.497 e. The molecule has 23 heavy (non-hydrogen) atoms. The number of fused-ring (bicyclic) bond motifs is 1. The molecule has 1 heterocycles. The van der Waals surface area contributed by atoms with Crippen molar-refractivity contribution in [3.8, 4) is 5.75 Å². The summed E-state index contributed by atoms with van der Waals surface area (Å²) < 4.78 is 7.11. The van der Waals surface area contributed by atoms with Gasteiger partial charge in [-0.25, -0.2) is 4.79 Å². The van der Waals surface area contributed by atoms with Gasteiger partial charge < -0.3 is 19.9 Å². The Bertz CT molecular complexity index is 822. The number of amides is 2. The zero-order valence-electron chi connectivity index (χ0n) is 13.2. The number of para-hydroxylation sites is 1. The van der Waals surface area contributed by atoms with Crippen LogP contribution in [0.4, 0.5) is 10.5 Å². The summed E-state index contributed by atoms with van der Waals surface area (Å²) in [6.07, 6.45) is 1.91. The molecule has 0 saturated heterocycles. The molecule has 0 aliphatic carbocycles. The van der Waals surface area contributed by atoms with E-state index in [0.717, 1.165) is 27.9 Å². The van der Waals surface area contributed by atoms with Crippen LogP contribution in [-0.4, -0.2) is 17.7 Å². The van der Waals surface area contributed by atoms with E-state index in [1.807, 2.05) is 66.3 Å². The summed E-state index contributed by atoms with van der Waals surface area (Å²) in [5, 5.41) is 6.78. The van der Waals surface area contributed by atoms with E-state index in [0.29, 0.717) is 6.54 Å².